The zero-order valence-corrected chi connectivity index (χ0v) is 10.9. The molecule has 3 nitrogen and oxygen atoms in total. The minimum atomic E-state index is 0.0842. The normalized spacial score (nSPS) is 15.6. The van der Waals surface area contributed by atoms with Crippen LogP contribution in [0.3, 0.4) is 0 Å². The van der Waals surface area contributed by atoms with E-state index in [1.165, 1.54) is 5.56 Å². The molecule has 0 bridgehead atoms. The number of hydrogen-bond donors (Lipinski definition) is 0. The molecule has 0 saturated carbocycles. The summed E-state index contributed by atoms with van der Waals surface area (Å²) >= 11 is 0. The van der Waals surface area contributed by atoms with Crippen molar-refractivity contribution in [3.8, 4) is 0 Å². The lowest BCUT2D eigenvalue weighted by atomic mass is 10.0. The van der Waals surface area contributed by atoms with Gasteiger partial charge in [-0.05, 0) is 37.3 Å². The predicted octanol–water partition coefficient (Wildman–Crippen LogP) is 2.75. The molecule has 0 atom stereocenters. The number of aromatic nitrogens is 1. The molecule has 0 radical (unpaired) electrons. The number of carbonyl (C=O) groups is 1. The molecule has 3 heteroatoms. The van der Waals surface area contributed by atoms with E-state index in [0.717, 1.165) is 31.6 Å². The van der Waals surface area contributed by atoms with Crippen LogP contribution in [0, 0.1) is 6.92 Å². The van der Waals surface area contributed by atoms with Gasteiger partial charge in [0.1, 0.15) is 5.69 Å². The van der Waals surface area contributed by atoms with Crippen LogP contribution in [0.25, 0.3) is 0 Å². The fourth-order valence-corrected chi connectivity index (χ4v) is 2.38. The minimum Gasteiger partial charge on any atom is -0.337 e. The molecule has 0 spiro atoms. The summed E-state index contributed by atoms with van der Waals surface area (Å²) < 4.78 is 0. The van der Waals surface area contributed by atoms with Gasteiger partial charge in [-0.25, -0.2) is 4.98 Å². The van der Waals surface area contributed by atoms with Crippen LogP contribution in [0.5, 0.6) is 0 Å². The van der Waals surface area contributed by atoms with E-state index in [1.54, 1.807) is 0 Å². The van der Waals surface area contributed by atoms with Crippen molar-refractivity contribution in [1.82, 2.24) is 9.88 Å². The Morgan fingerprint density at radius 1 is 1.29 bits per heavy atom. The van der Waals surface area contributed by atoms with Gasteiger partial charge in [-0.15, -0.1) is 0 Å². The van der Waals surface area contributed by atoms with Crippen molar-refractivity contribution in [2.24, 2.45) is 0 Å². The van der Waals surface area contributed by atoms with Gasteiger partial charge >= 0.3 is 0 Å². The van der Waals surface area contributed by atoms with Gasteiger partial charge < -0.3 is 4.90 Å². The molecule has 1 saturated heterocycles. The topological polar surface area (TPSA) is 33.2 Å². The molecule has 17 heavy (non-hydrogen) atoms. The van der Waals surface area contributed by atoms with Gasteiger partial charge in [-0.1, -0.05) is 19.9 Å². The smallest absolute Gasteiger partial charge is 0.272 e. The Morgan fingerprint density at radius 3 is 2.47 bits per heavy atom. The lowest BCUT2D eigenvalue weighted by molar-refractivity contribution is 0.0787. The van der Waals surface area contributed by atoms with Crippen molar-refractivity contribution in [2.75, 3.05) is 13.1 Å². The SMILES string of the molecule is Cc1nc(C(=O)N2CCCC2)ccc1C(C)C. The van der Waals surface area contributed by atoms with Crippen LogP contribution in [0.1, 0.15) is 54.4 Å². The number of aryl methyl sites for hydroxylation is 1. The Bertz CT molecular complexity index is 420. The molecule has 1 aliphatic heterocycles. The monoisotopic (exact) mass is 232 g/mol. The molecule has 0 unspecified atom stereocenters. The van der Waals surface area contributed by atoms with E-state index in [9.17, 15) is 4.79 Å². The third kappa shape index (κ3) is 2.48. The Balaban J connectivity index is 2.22. The maximum atomic E-state index is 12.1. The Morgan fingerprint density at radius 2 is 1.94 bits per heavy atom. The molecular weight excluding hydrogens is 212 g/mol. The third-order valence-electron chi connectivity index (χ3n) is 3.36. The second-order valence-electron chi connectivity index (χ2n) is 5.03. The van der Waals surface area contributed by atoms with Crippen molar-refractivity contribution in [1.29, 1.82) is 0 Å². The molecular formula is C14H20N2O. The number of carbonyl (C=O) groups excluding carboxylic acids is 1. The standard InChI is InChI=1S/C14H20N2O/c1-10(2)12-6-7-13(15-11(12)3)14(17)16-8-4-5-9-16/h6-7,10H,4-5,8-9H2,1-3H3. The summed E-state index contributed by atoms with van der Waals surface area (Å²) in [7, 11) is 0. The van der Waals surface area contributed by atoms with Crippen LogP contribution >= 0.6 is 0 Å². The van der Waals surface area contributed by atoms with E-state index in [0.29, 0.717) is 11.6 Å². The number of rotatable bonds is 2. The van der Waals surface area contributed by atoms with Crippen LogP contribution in [0.15, 0.2) is 12.1 Å². The number of hydrogen-bond acceptors (Lipinski definition) is 2. The van der Waals surface area contributed by atoms with Gasteiger partial charge in [0.25, 0.3) is 5.91 Å². The molecule has 1 aromatic heterocycles. The lowest BCUT2D eigenvalue weighted by Gasteiger charge is -2.16. The second kappa shape index (κ2) is 4.86. The number of pyridine rings is 1. The molecule has 2 heterocycles. The highest BCUT2D eigenvalue weighted by atomic mass is 16.2. The van der Waals surface area contributed by atoms with Crippen LogP contribution in [-0.4, -0.2) is 28.9 Å². The quantitative estimate of drug-likeness (QED) is 0.785. The first kappa shape index (κ1) is 12.1. The third-order valence-corrected chi connectivity index (χ3v) is 3.36. The molecule has 0 aliphatic carbocycles. The zero-order chi connectivity index (χ0) is 12.4. The van der Waals surface area contributed by atoms with E-state index >= 15 is 0 Å². The van der Waals surface area contributed by atoms with Gasteiger partial charge in [0.05, 0.1) is 0 Å². The van der Waals surface area contributed by atoms with E-state index < -0.39 is 0 Å². The number of amides is 1. The van der Waals surface area contributed by atoms with Gasteiger partial charge in [-0.3, -0.25) is 4.79 Å². The molecule has 1 aliphatic rings. The molecule has 1 aromatic rings. The molecule has 0 N–H and O–H groups in total. The minimum absolute atomic E-state index is 0.0842. The first-order chi connectivity index (χ1) is 8.09. The predicted molar refractivity (Wildman–Crippen MR) is 68.2 cm³/mol. The molecule has 0 aromatic carbocycles. The van der Waals surface area contributed by atoms with Crippen LogP contribution < -0.4 is 0 Å². The van der Waals surface area contributed by atoms with Crippen molar-refractivity contribution in [2.45, 2.75) is 39.5 Å². The molecule has 1 amide bonds. The van der Waals surface area contributed by atoms with Crippen molar-refractivity contribution in [3.05, 3.63) is 29.1 Å². The summed E-state index contributed by atoms with van der Waals surface area (Å²) in [5.74, 6) is 0.541. The van der Waals surface area contributed by atoms with Crippen molar-refractivity contribution < 1.29 is 4.79 Å². The fourth-order valence-electron chi connectivity index (χ4n) is 2.38. The average molecular weight is 232 g/mol. The summed E-state index contributed by atoms with van der Waals surface area (Å²) in [4.78, 5) is 18.5. The van der Waals surface area contributed by atoms with Gasteiger partial charge in [0, 0.05) is 18.8 Å². The largest absolute Gasteiger partial charge is 0.337 e. The Kier molecular flexibility index (Phi) is 3.46. The van der Waals surface area contributed by atoms with E-state index in [-0.39, 0.29) is 5.91 Å². The van der Waals surface area contributed by atoms with E-state index in [1.807, 2.05) is 24.0 Å². The number of likely N-dealkylation sites (tertiary alicyclic amines) is 1. The fraction of sp³-hybridized carbons (Fsp3) is 0.571. The summed E-state index contributed by atoms with van der Waals surface area (Å²) in [6, 6.07) is 3.90. The Labute approximate surface area is 103 Å². The first-order valence-corrected chi connectivity index (χ1v) is 6.36. The maximum absolute atomic E-state index is 12.1. The van der Waals surface area contributed by atoms with Crippen LogP contribution in [0.4, 0.5) is 0 Å². The van der Waals surface area contributed by atoms with Gasteiger partial charge in [-0.2, -0.15) is 0 Å². The lowest BCUT2D eigenvalue weighted by Crippen LogP contribution is -2.28. The van der Waals surface area contributed by atoms with Gasteiger partial charge in [0.15, 0.2) is 0 Å². The van der Waals surface area contributed by atoms with Crippen molar-refractivity contribution >= 4 is 5.91 Å². The molecule has 1 fully saturated rings. The van der Waals surface area contributed by atoms with Crippen molar-refractivity contribution in [3.63, 3.8) is 0 Å². The van der Waals surface area contributed by atoms with E-state index in [2.05, 4.69) is 18.8 Å². The number of nitrogens with zero attached hydrogens (tertiary/aromatic N) is 2. The first-order valence-electron chi connectivity index (χ1n) is 6.36. The van der Waals surface area contributed by atoms with Crippen LogP contribution in [0.2, 0.25) is 0 Å². The van der Waals surface area contributed by atoms with Gasteiger partial charge in [0.2, 0.25) is 0 Å². The van der Waals surface area contributed by atoms with E-state index in [4.69, 9.17) is 0 Å². The summed E-state index contributed by atoms with van der Waals surface area (Å²) in [5.41, 5.74) is 2.79. The summed E-state index contributed by atoms with van der Waals surface area (Å²) in [5, 5.41) is 0. The Hall–Kier alpha value is -1.38. The second-order valence-corrected chi connectivity index (χ2v) is 5.03. The highest BCUT2D eigenvalue weighted by Crippen LogP contribution is 2.19. The molecule has 2 rings (SSSR count). The van der Waals surface area contributed by atoms with Crippen LogP contribution in [-0.2, 0) is 0 Å². The maximum Gasteiger partial charge on any atom is 0.272 e. The average Bonchev–Trinajstić information content (AvgIpc) is 2.80. The zero-order valence-electron chi connectivity index (χ0n) is 10.9. The molecule has 92 valence electrons. The summed E-state index contributed by atoms with van der Waals surface area (Å²) in [6.45, 7) is 8.03. The highest BCUT2D eigenvalue weighted by Gasteiger charge is 2.21. The highest BCUT2D eigenvalue weighted by molar-refractivity contribution is 5.92. The summed E-state index contributed by atoms with van der Waals surface area (Å²) in [6.07, 6.45) is 2.24.